The number of hydrogen-bond donors (Lipinski definition) is 2. The standard InChI is InChI=1S/C12H17FN2O3/c1-8-7-18-10(6-17)4-15(8)12-11(13)9(5-16)2-3-14-12/h2-3,8,10,16-17H,4-7H2,1H3. The summed E-state index contributed by atoms with van der Waals surface area (Å²) < 4.78 is 19.5. The van der Waals surface area contributed by atoms with Gasteiger partial charge in [-0.2, -0.15) is 0 Å². The Kier molecular flexibility index (Phi) is 4.11. The maximum absolute atomic E-state index is 14.1. The number of rotatable bonds is 3. The van der Waals surface area contributed by atoms with E-state index < -0.39 is 5.82 Å². The predicted octanol–water partition coefficient (Wildman–Crippen LogP) is 0.299. The van der Waals surface area contributed by atoms with Gasteiger partial charge in [0.2, 0.25) is 0 Å². The van der Waals surface area contributed by atoms with E-state index in [0.29, 0.717) is 13.2 Å². The smallest absolute Gasteiger partial charge is 0.171 e. The Morgan fingerprint density at radius 2 is 2.33 bits per heavy atom. The van der Waals surface area contributed by atoms with Gasteiger partial charge in [-0.05, 0) is 13.0 Å². The van der Waals surface area contributed by atoms with Crippen LogP contribution in [0.1, 0.15) is 12.5 Å². The molecule has 1 saturated heterocycles. The third kappa shape index (κ3) is 2.45. The van der Waals surface area contributed by atoms with Crippen molar-refractivity contribution in [1.29, 1.82) is 0 Å². The summed E-state index contributed by atoms with van der Waals surface area (Å²) in [4.78, 5) is 5.80. The van der Waals surface area contributed by atoms with Crippen molar-refractivity contribution in [3.05, 3.63) is 23.6 Å². The van der Waals surface area contributed by atoms with Crippen molar-refractivity contribution in [2.24, 2.45) is 0 Å². The molecule has 18 heavy (non-hydrogen) atoms. The number of aliphatic hydroxyl groups excluding tert-OH is 2. The molecule has 100 valence electrons. The van der Waals surface area contributed by atoms with Crippen LogP contribution in [0.15, 0.2) is 12.3 Å². The highest BCUT2D eigenvalue weighted by Gasteiger charge is 2.29. The maximum Gasteiger partial charge on any atom is 0.171 e. The lowest BCUT2D eigenvalue weighted by atomic mass is 10.1. The number of aromatic nitrogens is 1. The van der Waals surface area contributed by atoms with E-state index in [9.17, 15) is 4.39 Å². The summed E-state index contributed by atoms with van der Waals surface area (Å²) in [5.74, 6) is -0.304. The van der Waals surface area contributed by atoms with Gasteiger partial charge in [-0.3, -0.25) is 0 Å². The summed E-state index contributed by atoms with van der Waals surface area (Å²) in [5.41, 5.74) is 0.222. The van der Waals surface area contributed by atoms with Gasteiger partial charge in [0.05, 0.1) is 32.0 Å². The van der Waals surface area contributed by atoms with Gasteiger partial charge in [0.15, 0.2) is 11.6 Å². The normalized spacial score (nSPS) is 24.3. The molecule has 2 N–H and O–H groups in total. The van der Waals surface area contributed by atoms with Crippen LogP contribution in [0.25, 0.3) is 0 Å². The van der Waals surface area contributed by atoms with Crippen LogP contribution in [0.3, 0.4) is 0 Å². The summed E-state index contributed by atoms with van der Waals surface area (Å²) in [6, 6.07) is 1.43. The fraction of sp³-hybridized carbons (Fsp3) is 0.583. The number of hydrogen-bond acceptors (Lipinski definition) is 5. The Bertz CT molecular complexity index is 416. The zero-order chi connectivity index (χ0) is 13.1. The van der Waals surface area contributed by atoms with Crippen molar-refractivity contribution in [3.8, 4) is 0 Å². The van der Waals surface area contributed by atoms with Gasteiger partial charge in [-0.15, -0.1) is 0 Å². The minimum Gasteiger partial charge on any atom is -0.394 e. The highest BCUT2D eigenvalue weighted by atomic mass is 19.1. The quantitative estimate of drug-likeness (QED) is 0.814. The average molecular weight is 256 g/mol. The van der Waals surface area contributed by atoms with Crippen LogP contribution in [0.5, 0.6) is 0 Å². The predicted molar refractivity (Wildman–Crippen MR) is 63.8 cm³/mol. The van der Waals surface area contributed by atoms with Crippen molar-refractivity contribution in [3.63, 3.8) is 0 Å². The molecule has 0 amide bonds. The molecule has 5 nitrogen and oxygen atoms in total. The summed E-state index contributed by atoms with van der Waals surface area (Å²) >= 11 is 0. The van der Waals surface area contributed by atoms with Crippen LogP contribution in [0, 0.1) is 5.82 Å². The molecule has 1 aromatic heterocycles. The highest BCUT2D eigenvalue weighted by Crippen LogP contribution is 2.24. The van der Waals surface area contributed by atoms with Gasteiger partial charge in [0.1, 0.15) is 0 Å². The second-order valence-corrected chi connectivity index (χ2v) is 4.41. The van der Waals surface area contributed by atoms with Gasteiger partial charge < -0.3 is 19.8 Å². The number of pyridine rings is 1. The molecule has 0 aromatic carbocycles. The molecule has 1 fully saturated rings. The zero-order valence-corrected chi connectivity index (χ0v) is 10.2. The Hall–Kier alpha value is -1.24. The first-order valence-corrected chi connectivity index (χ1v) is 5.90. The maximum atomic E-state index is 14.1. The lowest BCUT2D eigenvalue weighted by molar-refractivity contribution is -0.0108. The summed E-state index contributed by atoms with van der Waals surface area (Å²) in [5, 5.41) is 18.2. The molecule has 2 rings (SSSR count). The SMILES string of the molecule is CC1COC(CO)CN1c1nccc(CO)c1F. The molecule has 1 aliphatic heterocycles. The molecule has 0 aliphatic carbocycles. The molecular weight excluding hydrogens is 239 g/mol. The largest absolute Gasteiger partial charge is 0.394 e. The van der Waals surface area contributed by atoms with Crippen molar-refractivity contribution in [1.82, 2.24) is 4.98 Å². The number of halogens is 1. The minimum atomic E-state index is -0.509. The van der Waals surface area contributed by atoms with Crippen molar-refractivity contribution in [2.45, 2.75) is 25.7 Å². The van der Waals surface area contributed by atoms with Crippen LogP contribution in [-0.2, 0) is 11.3 Å². The molecule has 2 atom stereocenters. The molecule has 6 heteroatoms. The molecule has 1 aromatic rings. The molecule has 0 spiro atoms. The van der Waals surface area contributed by atoms with Crippen molar-refractivity contribution >= 4 is 5.82 Å². The van der Waals surface area contributed by atoms with Gasteiger partial charge >= 0.3 is 0 Å². The Balaban J connectivity index is 2.28. The van der Waals surface area contributed by atoms with Crippen LogP contribution in [-0.4, -0.2) is 47.1 Å². The van der Waals surface area contributed by atoms with Gasteiger partial charge in [0, 0.05) is 18.3 Å². The number of anilines is 1. The fourth-order valence-corrected chi connectivity index (χ4v) is 2.02. The molecule has 0 saturated carbocycles. The molecular formula is C12H17FN2O3. The van der Waals surface area contributed by atoms with Gasteiger partial charge in [0.25, 0.3) is 0 Å². The summed E-state index contributed by atoms with van der Waals surface area (Å²) in [7, 11) is 0. The Labute approximate surface area is 105 Å². The number of ether oxygens (including phenoxy) is 1. The molecule has 0 bridgehead atoms. The summed E-state index contributed by atoms with van der Waals surface area (Å²) in [6.45, 7) is 2.24. The van der Waals surface area contributed by atoms with Crippen LogP contribution < -0.4 is 4.90 Å². The lowest BCUT2D eigenvalue weighted by Gasteiger charge is -2.38. The van der Waals surface area contributed by atoms with Crippen molar-refractivity contribution < 1.29 is 19.3 Å². The first-order chi connectivity index (χ1) is 8.67. The Morgan fingerprint density at radius 1 is 1.56 bits per heavy atom. The van der Waals surface area contributed by atoms with E-state index >= 15 is 0 Å². The van der Waals surface area contributed by atoms with E-state index in [1.807, 2.05) is 6.92 Å². The van der Waals surface area contributed by atoms with Crippen molar-refractivity contribution in [2.75, 3.05) is 24.7 Å². The zero-order valence-electron chi connectivity index (χ0n) is 10.2. The molecule has 1 aliphatic rings. The number of nitrogens with zero attached hydrogens (tertiary/aromatic N) is 2. The van der Waals surface area contributed by atoms with Crippen LogP contribution in [0.2, 0.25) is 0 Å². The first-order valence-electron chi connectivity index (χ1n) is 5.90. The van der Waals surface area contributed by atoms with E-state index in [1.54, 1.807) is 4.90 Å². The highest BCUT2D eigenvalue weighted by molar-refractivity contribution is 5.44. The van der Waals surface area contributed by atoms with E-state index in [4.69, 9.17) is 14.9 Å². The number of morpholine rings is 1. The second kappa shape index (κ2) is 5.60. The average Bonchev–Trinajstić information content (AvgIpc) is 2.40. The van der Waals surface area contributed by atoms with Gasteiger partial charge in [-0.1, -0.05) is 0 Å². The van der Waals surface area contributed by atoms with Gasteiger partial charge in [-0.25, -0.2) is 9.37 Å². The Morgan fingerprint density at radius 3 is 3.00 bits per heavy atom. The number of aliphatic hydroxyl groups is 2. The van der Waals surface area contributed by atoms with Crippen LogP contribution in [0.4, 0.5) is 10.2 Å². The lowest BCUT2D eigenvalue weighted by Crippen LogP contribution is -2.50. The van der Waals surface area contributed by atoms with E-state index in [0.717, 1.165) is 0 Å². The van der Waals surface area contributed by atoms with Crippen LogP contribution >= 0.6 is 0 Å². The molecule has 0 radical (unpaired) electrons. The summed E-state index contributed by atoms with van der Waals surface area (Å²) in [6.07, 6.45) is 1.14. The molecule has 2 heterocycles. The van der Waals surface area contributed by atoms with E-state index in [2.05, 4.69) is 4.98 Å². The topological polar surface area (TPSA) is 65.8 Å². The van der Waals surface area contributed by atoms with E-state index in [-0.39, 0.29) is 36.7 Å². The van der Waals surface area contributed by atoms with E-state index in [1.165, 1.54) is 12.3 Å². The molecule has 2 unspecified atom stereocenters. The fourth-order valence-electron chi connectivity index (χ4n) is 2.02. The third-order valence-corrected chi connectivity index (χ3v) is 3.10. The first kappa shape index (κ1) is 13.2. The monoisotopic (exact) mass is 256 g/mol. The second-order valence-electron chi connectivity index (χ2n) is 4.41. The minimum absolute atomic E-state index is 0.0243. The third-order valence-electron chi connectivity index (χ3n) is 3.10.